The molecular weight excluding hydrogens is 256 g/mol. The van der Waals surface area contributed by atoms with Crippen LogP contribution in [0, 0.1) is 5.41 Å². The average Bonchev–Trinajstić information content (AvgIpc) is 2.34. The van der Waals surface area contributed by atoms with Gasteiger partial charge in [0.15, 0.2) is 0 Å². The van der Waals surface area contributed by atoms with Crippen molar-refractivity contribution in [3.8, 4) is 0 Å². The van der Waals surface area contributed by atoms with E-state index in [1.807, 2.05) is 0 Å². The zero-order chi connectivity index (χ0) is 13.2. The minimum Gasteiger partial charge on any atom is -0.383 e. The standard InChI is InChI=1S/C12H15F2N3S/c13-12(14)3-1-9(2-4-12)18-10-5-8(6-15)11(16)17-7-10/h5-7,9,15H,1-4H2,(H2,16,17). The maximum Gasteiger partial charge on any atom is 0.248 e. The number of rotatable bonds is 3. The molecular formula is C12H15F2N3S. The van der Waals surface area contributed by atoms with Crippen LogP contribution in [0.3, 0.4) is 0 Å². The Morgan fingerprint density at radius 2 is 2.11 bits per heavy atom. The fourth-order valence-electron chi connectivity index (χ4n) is 1.98. The van der Waals surface area contributed by atoms with Gasteiger partial charge in [0.25, 0.3) is 0 Å². The second kappa shape index (κ2) is 5.22. The van der Waals surface area contributed by atoms with E-state index in [4.69, 9.17) is 11.1 Å². The predicted molar refractivity (Wildman–Crippen MR) is 69.6 cm³/mol. The number of hydrogen-bond donors (Lipinski definition) is 2. The van der Waals surface area contributed by atoms with E-state index in [0.717, 1.165) is 11.1 Å². The number of nitrogens with zero attached hydrogens (tertiary/aromatic N) is 1. The first-order chi connectivity index (χ1) is 8.50. The van der Waals surface area contributed by atoms with Crippen molar-refractivity contribution in [2.75, 3.05) is 5.73 Å². The number of halogens is 2. The van der Waals surface area contributed by atoms with Gasteiger partial charge in [-0.1, -0.05) is 0 Å². The molecule has 0 saturated heterocycles. The lowest BCUT2D eigenvalue weighted by Crippen LogP contribution is -2.25. The number of hydrogen-bond acceptors (Lipinski definition) is 4. The van der Waals surface area contributed by atoms with Crippen LogP contribution < -0.4 is 5.73 Å². The molecule has 0 amide bonds. The molecule has 1 aliphatic carbocycles. The number of aromatic nitrogens is 1. The van der Waals surface area contributed by atoms with Crippen molar-refractivity contribution in [2.45, 2.75) is 41.8 Å². The van der Waals surface area contributed by atoms with Crippen molar-refractivity contribution in [3.63, 3.8) is 0 Å². The Morgan fingerprint density at radius 1 is 1.44 bits per heavy atom. The first-order valence-corrected chi connectivity index (χ1v) is 6.68. The Balaban J connectivity index is 2.00. The highest BCUT2D eigenvalue weighted by Crippen LogP contribution is 2.40. The Hall–Kier alpha value is -1.17. The van der Waals surface area contributed by atoms with Crippen molar-refractivity contribution in [1.82, 2.24) is 4.98 Å². The minimum absolute atomic E-state index is 0.0372. The number of nitrogens with two attached hydrogens (primary N) is 1. The summed E-state index contributed by atoms with van der Waals surface area (Å²) >= 11 is 1.55. The zero-order valence-electron chi connectivity index (χ0n) is 9.83. The second-order valence-electron chi connectivity index (χ2n) is 4.46. The first kappa shape index (κ1) is 13.3. The third-order valence-corrected chi connectivity index (χ3v) is 4.35. The van der Waals surface area contributed by atoms with E-state index in [2.05, 4.69) is 4.98 Å². The van der Waals surface area contributed by atoms with Gasteiger partial charge in [-0.25, -0.2) is 13.8 Å². The Morgan fingerprint density at radius 3 is 2.72 bits per heavy atom. The number of pyridine rings is 1. The molecule has 0 radical (unpaired) electrons. The molecule has 3 N–H and O–H groups in total. The van der Waals surface area contributed by atoms with Gasteiger partial charge < -0.3 is 11.1 Å². The molecule has 0 bridgehead atoms. The van der Waals surface area contributed by atoms with Gasteiger partial charge in [0.05, 0.1) is 0 Å². The molecule has 1 heterocycles. The van der Waals surface area contributed by atoms with Gasteiger partial charge in [-0.2, -0.15) is 0 Å². The lowest BCUT2D eigenvalue weighted by atomic mass is 9.96. The molecule has 1 aromatic heterocycles. The van der Waals surface area contributed by atoms with E-state index >= 15 is 0 Å². The van der Waals surface area contributed by atoms with Crippen LogP contribution in [0.25, 0.3) is 0 Å². The van der Waals surface area contributed by atoms with Gasteiger partial charge in [0.1, 0.15) is 5.82 Å². The molecule has 1 fully saturated rings. The number of thioether (sulfide) groups is 1. The number of nitrogen functional groups attached to an aromatic ring is 1. The van der Waals surface area contributed by atoms with Crippen molar-refractivity contribution in [1.29, 1.82) is 5.41 Å². The Kier molecular flexibility index (Phi) is 3.85. The second-order valence-corrected chi connectivity index (χ2v) is 5.84. The molecule has 98 valence electrons. The first-order valence-electron chi connectivity index (χ1n) is 5.81. The summed E-state index contributed by atoms with van der Waals surface area (Å²) in [6.07, 6.45) is 3.75. The summed E-state index contributed by atoms with van der Waals surface area (Å²) in [6.45, 7) is 0. The molecule has 1 aromatic rings. The molecule has 0 atom stereocenters. The summed E-state index contributed by atoms with van der Waals surface area (Å²) < 4.78 is 26.0. The third-order valence-electron chi connectivity index (χ3n) is 3.05. The van der Waals surface area contributed by atoms with Gasteiger partial charge in [-0.15, -0.1) is 11.8 Å². The lowest BCUT2D eigenvalue weighted by molar-refractivity contribution is -0.0323. The zero-order valence-corrected chi connectivity index (χ0v) is 10.6. The maximum atomic E-state index is 13.0. The van der Waals surface area contributed by atoms with Crippen LogP contribution in [0.5, 0.6) is 0 Å². The van der Waals surface area contributed by atoms with Gasteiger partial charge in [0, 0.05) is 41.0 Å². The Labute approximate surface area is 109 Å². The Bertz CT molecular complexity index is 441. The summed E-state index contributed by atoms with van der Waals surface area (Å²) in [5.41, 5.74) is 6.17. The fraction of sp³-hybridized carbons (Fsp3) is 0.500. The van der Waals surface area contributed by atoms with Crippen molar-refractivity contribution in [2.24, 2.45) is 0 Å². The molecule has 1 saturated carbocycles. The molecule has 0 spiro atoms. The van der Waals surface area contributed by atoms with Gasteiger partial charge in [-0.05, 0) is 18.9 Å². The summed E-state index contributed by atoms with van der Waals surface area (Å²) in [7, 11) is 0. The van der Waals surface area contributed by atoms with E-state index in [9.17, 15) is 8.78 Å². The van der Waals surface area contributed by atoms with Gasteiger partial charge in [0.2, 0.25) is 5.92 Å². The summed E-state index contributed by atoms with van der Waals surface area (Å²) in [5, 5.41) is 7.40. The summed E-state index contributed by atoms with van der Waals surface area (Å²) in [5.74, 6) is -2.17. The van der Waals surface area contributed by atoms with Gasteiger partial charge in [-0.3, -0.25) is 0 Å². The van der Waals surface area contributed by atoms with E-state index < -0.39 is 5.92 Å². The molecule has 0 aliphatic heterocycles. The van der Waals surface area contributed by atoms with Crippen molar-refractivity contribution in [3.05, 3.63) is 17.8 Å². The van der Waals surface area contributed by atoms with Crippen LogP contribution in [-0.4, -0.2) is 22.4 Å². The molecule has 2 rings (SSSR count). The molecule has 0 unspecified atom stereocenters. The molecule has 0 aromatic carbocycles. The average molecular weight is 271 g/mol. The van der Waals surface area contributed by atoms with Crippen molar-refractivity contribution >= 4 is 23.8 Å². The quantitative estimate of drug-likeness (QED) is 0.829. The smallest absolute Gasteiger partial charge is 0.248 e. The fourth-order valence-corrected chi connectivity index (χ4v) is 3.14. The van der Waals surface area contributed by atoms with Crippen molar-refractivity contribution < 1.29 is 8.78 Å². The largest absolute Gasteiger partial charge is 0.383 e. The predicted octanol–water partition coefficient (Wildman–Crippen LogP) is 3.33. The number of anilines is 1. The van der Waals surface area contributed by atoms with Crippen LogP contribution in [0.1, 0.15) is 31.2 Å². The number of alkyl halides is 2. The third kappa shape index (κ3) is 3.19. The van der Waals surface area contributed by atoms with Crippen LogP contribution in [-0.2, 0) is 0 Å². The SMILES string of the molecule is N=Cc1cc(SC2CCC(F)(F)CC2)cnc1N. The maximum absolute atomic E-state index is 13.0. The highest BCUT2D eigenvalue weighted by Gasteiger charge is 2.35. The highest BCUT2D eigenvalue weighted by atomic mass is 32.2. The molecule has 1 aliphatic rings. The normalized spacial score (nSPS) is 19.7. The molecule has 18 heavy (non-hydrogen) atoms. The van der Waals surface area contributed by atoms with Crippen LogP contribution in [0.4, 0.5) is 14.6 Å². The summed E-state index contributed by atoms with van der Waals surface area (Å²) in [4.78, 5) is 4.89. The molecule has 3 nitrogen and oxygen atoms in total. The van der Waals surface area contributed by atoms with Crippen LogP contribution in [0.15, 0.2) is 17.2 Å². The van der Waals surface area contributed by atoms with E-state index in [-0.39, 0.29) is 18.1 Å². The summed E-state index contributed by atoms with van der Waals surface area (Å²) in [6, 6.07) is 1.78. The van der Waals surface area contributed by atoms with Gasteiger partial charge >= 0.3 is 0 Å². The van der Waals surface area contributed by atoms with E-state index in [0.29, 0.717) is 24.2 Å². The van der Waals surface area contributed by atoms with Crippen LogP contribution >= 0.6 is 11.8 Å². The van der Waals surface area contributed by atoms with Crippen LogP contribution in [0.2, 0.25) is 0 Å². The molecule has 6 heteroatoms. The number of nitrogens with one attached hydrogen (secondary N) is 1. The highest BCUT2D eigenvalue weighted by molar-refractivity contribution is 8.00. The lowest BCUT2D eigenvalue weighted by Gasteiger charge is -2.27. The van der Waals surface area contributed by atoms with E-state index in [1.54, 1.807) is 24.0 Å². The van der Waals surface area contributed by atoms with E-state index in [1.165, 1.54) is 0 Å². The topological polar surface area (TPSA) is 62.8 Å². The minimum atomic E-state index is -2.49. The monoisotopic (exact) mass is 271 g/mol.